The van der Waals surface area contributed by atoms with Crippen LogP contribution in [0.5, 0.6) is 0 Å². The average molecular weight is 232 g/mol. The van der Waals surface area contributed by atoms with E-state index >= 15 is 0 Å². The first-order valence-electron chi connectivity index (χ1n) is 5.28. The van der Waals surface area contributed by atoms with Crippen LogP contribution in [0.4, 0.5) is 0 Å². The summed E-state index contributed by atoms with van der Waals surface area (Å²) in [5, 5.41) is 8.90. The van der Waals surface area contributed by atoms with Crippen LogP contribution >= 0.6 is 0 Å². The Morgan fingerprint density at radius 1 is 1.47 bits per heavy atom. The van der Waals surface area contributed by atoms with Gasteiger partial charge in [-0.1, -0.05) is 6.92 Å². The van der Waals surface area contributed by atoms with Crippen LogP contribution in [0.2, 0.25) is 0 Å². The predicted molar refractivity (Wildman–Crippen MR) is 55.2 cm³/mol. The lowest BCUT2D eigenvalue weighted by Crippen LogP contribution is -2.31. The molecule has 0 bridgehead atoms. The molecule has 2 fully saturated rings. The minimum atomic E-state index is -2.92. The molecule has 0 aromatic carbocycles. The Kier molecular flexibility index (Phi) is 2.33. The quantitative estimate of drug-likeness (QED) is 0.768. The zero-order chi connectivity index (χ0) is 11.3. The van der Waals surface area contributed by atoms with Crippen LogP contribution in [0.3, 0.4) is 0 Å². The molecule has 0 aromatic rings. The van der Waals surface area contributed by atoms with Crippen LogP contribution in [-0.2, 0) is 14.6 Å². The molecule has 1 saturated heterocycles. The minimum absolute atomic E-state index is 0.0531. The summed E-state index contributed by atoms with van der Waals surface area (Å²) in [4.78, 5) is 10.8. The summed E-state index contributed by atoms with van der Waals surface area (Å²) < 4.78 is 22.9. The normalized spacial score (nSPS) is 43.5. The van der Waals surface area contributed by atoms with Crippen LogP contribution in [0.25, 0.3) is 0 Å². The summed E-state index contributed by atoms with van der Waals surface area (Å²) in [6.07, 6.45) is 2.19. The zero-order valence-electron chi connectivity index (χ0n) is 8.77. The molecule has 0 radical (unpaired) electrons. The van der Waals surface area contributed by atoms with Crippen molar-refractivity contribution in [2.45, 2.75) is 26.2 Å². The standard InChI is InChI=1S/C10H16O4S/c1-10(5-8(10)9(11)12)7-3-2-4-15(13,14)6-7/h7-8H,2-6H2,1H3,(H,11,12). The number of hydrogen-bond donors (Lipinski definition) is 1. The van der Waals surface area contributed by atoms with Crippen molar-refractivity contribution in [2.24, 2.45) is 17.3 Å². The lowest BCUT2D eigenvalue weighted by molar-refractivity contribution is -0.139. The summed E-state index contributed by atoms with van der Waals surface area (Å²) >= 11 is 0. The smallest absolute Gasteiger partial charge is 0.307 e. The van der Waals surface area contributed by atoms with Gasteiger partial charge in [-0.15, -0.1) is 0 Å². The van der Waals surface area contributed by atoms with Gasteiger partial charge in [-0.3, -0.25) is 4.79 Å². The first-order chi connectivity index (χ1) is 6.85. The summed E-state index contributed by atoms with van der Waals surface area (Å²) in [6.45, 7) is 1.91. The lowest BCUT2D eigenvalue weighted by Gasteiger charge is -2.27. The van der Waals surface area contributed by atoms with Gasteiger partial charge in [0.2, 0.25) is 0 Å². The van der Waals surface area contributed by atoms with Crippen molar-refractivity contribution in [3.63, 3.8) is 0 Å². The number of carbonyl (C=O) groups is 1. The maximum absolute atomic E-state index is 11.5. The highest BCUT2D eigenvalue weighted by molar-refractivity contribution is 7.91. The van der Waals surface area contributed by atoms with E-state index in [1.54, 1.807) is 0 Å². The third-order valence-corrected chi connectivity index (χ3v) is 5.79. The van der Waals surface area contributed by atoms with Crippen LogP contribution in [0.1, 0.15) is 26.2 Å². The van der Waals surface area contributed by atoms with Gasteiger partial charge < -0.3 is 5.11 Å². The van der Waals surface area contributed by atoms with Crippen LogP contribution < -0.4 is 0 Å². The molecule has 4 nitrogen and oxygen atoms in total. The topological polar surface area (TPSA) is 71.4 Å². The molecule has 3 unspecified atom stereocenters. The van der Waals surface area contributed by atoms with E-state index in [2.05, 4.69) is 0 Å². The first kappa shape index (κ1) is 10.9. The molecule has 2 aliphatic rings. The highest BCUT2D eigenvalue weighted by Gasteiger charge is 2.59. The second kappa shape index (κ2) is 3.20. The molecule has 0 aromatic heterocycles. The summed E-state index contributed by atoms with van der Waals surface area (Å²) in [5.74, 6) is -0.585. The Morgan fingerprint density at radius 3 is 2.60 bits per heavy atom. The van der Waals surface area contributed by atoms with E-state index < -0.39 is 15.8 Å². The van der Waals surface area contributed by atoms with Crippen molar-refractivity contribution in [3.05, 3.63) is 0 Å². The van der Waals surface area contributed by atoms with Crippen LogP contribution in [-0.4, -0.2) is 31.0 Å². The lowest BCUT2D eigenvalue weighted by atomic mass is 9.86. The summed E-state index contributed by atoms with van der Waals surface area (Å²) in [6, 6.07) is 0. The molecule has 1 aliphatic carbocycles. The molecule has 1 aliphatic heterocycles. The van der Waals surface area contributed by atoms with Crippen molar-refractivity contribution in [3.8, 4) is 0 Å². The van der Waals surface area contributed by atoms with E-state index in [0.717, 1.165) is 6.42 Å². The van der Waals surface area contributed by atoms with Gasteiger partial charge in [0.25, 0.3) is 0 Å². The van der Waals surface area contributed by atoms with E-state index in [1.165, 1.54) is 0 Å². The van der Waals surface area contributed by atoms with E-state index in [1.807, 2.05) is 6.92 Å². The van der Waals surface area contributed by atoms with Gasteiger partial charge >= 0.3 is 5.97 Å². The highest BCUT2D eigenvalue weighted by atomic mass is 32.2. The van der Waals surface area contributed by atoms with Gasteiger partial charge in [0, 0.05) is 0 Å². The Labute approximate surface area is 89.6 Å². The first-order valence-corrected chi connectivity index (χ1v) is 7.10. The molecule has 86 valence electrons. The van der Waals surface area contributed by atoms with Gasteiger partial charge in [0.15, 0.2) is 9.84 Å². The molecule has 1 saturated carbocycles. The van der Waals surface area contributed by atoms with Gasteiger partial charge in [-0.25, -0.2) is 8.42 Å². The van der Waals surface area contributed by atoms with Crippen molar-refractivity contribution in [1.29, 1.82) is 0 Å². The Morgan fingerprint density at radius 2 is 2.13 bits per heavy atom. The summed E-state index contributed by atoms with van der Waals surface area (Å²) in [5.41, 5.74) is -0.265. The van der Waals surface area contributed by atoms with Crippen molar-refractivity contribution >= 4 is 15.8 Å². The van der Waals surface area contributed by atoms with Crippen LogP contribution in [0.15, 0.2) is 0 Å². The van der Waals surface area contributed by atoms with Crippen LogP contribution in [0, 0.1) is 17.3 Å². The SMILES string of the molecule is CC1(C2CCCS(=O)(=O)C2)CC1C(=O)O. The average Bonchev–Trinajstić information content (AvgIpc) is 2.78. The fourth-order valence-corrected chi connectivity index (χ4v) is 4.68. The molecule has 15 heavy (non-hydrogen) atoms. The third kappa shape index (κ3) is 1.89. The molecule has 0 spiro atoms. The van der Waals surface area contributed by atoms with E-state index in [-0.39, 0.29) is 28.8 Å². The summed E-state index contributed by atoms with van der Waals surface area (Å²) in [7, 11) is -2.92. The van der Waals surface area contributed by atoms with Crippen molar-refractivity contribution < 1.29 is 18.3 Å². The molecule has 5 heteroatoms. The number of aliphatic carboxylic acids is 1. The van der Waals surface area contributed by atoms with Crippen molar-refractivity contribution in [1.82, 2.24) is 0 Å². The monoisotopic (exact) mass is 232 g/mol. The van der Waals surface area contributed by atoms with Gasteiger partial charge in [0.05, 0.1) is 17.4 Å². The highest BCUT2D eigenvalue weighted by Crippen LogP contribution is 2.59. The van der Waals surface area contributed by atoms with E-state index in [0.29, 0.717) is 12.8 Å². The Hall–Kier alpha value is -0.580. The molecule has 1 N–H and O–H groups in total. The van der Waals surface area contributed by atoms with E-state index in [9.17, 15) is 13.2 Å². The molecule has 3 atom stereocenters. The molecular weight excluding hydrogens is 216 g/mol. The predicted octanol–water partition coefficient (Wildman–Crippen LogP) is 0.922. The maximum atomic E-state index is 11.5. The molecule has 2 rings (SSSR count). The number of rotatable bonds is 2. The largest absolute Gasteiger partial charge is 0.481 e. The minimum Gasteiger partial charge on any atom is -0.481 e. The number of carboxylic acids is 1. The molecule has 0 amide bonds. The number of carboxylic acid groups (broad SMARTS) is 1. The molecule has 1 heterocycles. The second-order valence-electron chi connectivity index (χ2n) is 5.05. The zero-order valence-corrected chi connectivity index (χ0v) is 9.59. The number of hydrogen-bond acceptors (Lipinski definition) is 3. The fourth-order valence-electron chi connectivity index (χ4n) is 2.74. The molecular formula is C10H16O4S. The second-order valence-corrected chi connectivity index (χ2v) is 7.28. The van der Waals surface area contributed by atoms with Gasteiger partial charge in [0.1, 0.15) is 0 Å². The van der Waals surface area contributed by atoms with Gasteiger partial charge in [-0.2, -0.15) is 0 Å². The van der Waals surface area contributed by atoms with Gasteiger partial charge in [-0.05, 0) is 30.6 Å². The maximum Gasteiger partial charge on any atom is 0.307 e. The third-order valence-electron chi connectivity index (χ3n) is 3.97. The number of sulfone groups is 1. The van der Waals surface area contributed by atoms with Crippen molar-refractivity contribution in [2.75, 3.05) is 11.5 Å². The Bertz CT molecular complexity index is 386. The fraction of sp³-hybridized carbons (Fsp3) is 0.900. The van der Waals surface area contributed by atoms with E-state index in [4.69, 9.17) is 5.11 Å². The Balaban J connectivity index is 2.10.